The number of nitrogens with one attached hydrogen (secondary N) is 2. The molecule has 20 nitrogen and oxygen atoms in total. The fraction of sp³-hybridized carbons (Fsp3) is 0.536. The Morgan fingerprint density at radius 3 is 1.88 bits per heavy atom. The molecule has 0 fully saturated rings. The summed E-state index contributed by atoms with van der Waals surface area (Å²) in [6.45, 7) is 3.30. The molecule has 20 heteroatoms. The van der Waals surface area contributed by atoms with Gasteiger partial charge in [-0.15, -0.1) is 0 Å². The minimum Gasteiger partial charge on any atom is -0.480 e. The number of nitrogens with two attached hydrogens (primary N) is 7. The molecule has 48 heavy (non-hydrogen) atoms. The number of carboxylic acid groups (broad SMARTS) is 2. The van der Waals surface area contributed by atoms with Crippen molar-refractivity contribution in [3.63, 3.8) is 0 Å². The van der Waals surface area contributed by atoms with Crippen molar-refractivity contribution in [3.05, 3.63) is 29.8 Å². The number of rotatable bonds is 17. The maximum absolute atomic E-state index is 12.1. The molecule has 0 saturated carbocycles. The highest BCUT2D eigenvalue weighted by molar-refractivity contribution is 5.90. The van der Waals surface area contributed by atoms with Crippen molar-refractivity contribution in [2.45, 2.75) is 63.7 Å². The summed E-state index contributed by atoms with van der Waals surface area (Å²) in [6.07, 6.45) is 1.59. The predicted molar refractivity (Wildman–Crippen MR) is 172 cm³/mol. The standard InChI is InChI=1S/C21H34N6O5.C5H10N2O4.C2H5NO2/c1-3-12(2)17(24)20(30)31-14-8-6-13(7-9-14)11-16(23)19(29)32-18(28)15(22)5-4-10-27-21(25)26;6-1-4(8)11-2-3(7)5(9)10;3-1-2(4)5/h6-9,12,15-17H,3-5,10-11,22-24H2,1-2H3,(H4,25,26,27);3H,1-2,6-7H2,(H,9,10);1,3H2,(H,4,5)/t12-,15-,16-,17-;3-;/m00./s1. The van der Waals surface area contributed by atoms with Gasteiger partial charge in [-0.05, 0) is 42.9 Å². The minimum atomic E-state index is -1.21. The number of carbonyl (C=O) groups excluding carboxylic acids is 4. The van der Waals surface area contributed by atoms with E-state index in [2.05, 4.69) is 15.8 Å². The first-order chi connectivity index (χ1) is 22.4. The number of ether oxygens (including phenoxy) is 3. The van der Waals surface area contributed by atoms with Gasteiger partial charge in [0.1, 0.15) is 36.5 Å². The van der Waals surface area contributed by atoms with E-state index in [-0.39, 0.29) is 44.4 Å². The van der Waals surface area contributed by atoms with E-state index >= 15 is 0 Å². The molecule has 18 N–H and O–H groups in total. The molecule has 0 aliphatic rings. The lowest BCUT2D eigenvalue weighted by molar-refractivity contribution is -0.161. The van der Waals surface area contributed by atoms with Gasteiger partial charge in [0.15, 0.2) is 5.96 Å². The van der Waals surface area contributed by atoms with Crippen molar-refractivity contribution in [1.82, 2.24) is 5.32 Å². The van der Waals surface area contributed by atoms with Crippen molar-refractivity contribution < 1.29 is 53.2 Å². The molecule has 0 heterocycles. The quantitative estimate of drug-likeness (QED) is 0.0188. The molecule has 0 radical (unpaired) electrons. The van der Waals surface area contributed by atoms with Crippen molar-refractivity contribution in [3.8, 4) is 5.75 Å². The van der Waals surface area contributed by atoms with E-state index in [0.717, 1.165) is 6.42 Å². The van der Waals surface area contributed by atoms with Gasteiger partial charge in [0.25, 0.3) is 0 Å². The summed E-state index contributed by atoms with van der Waals surface area (Å²) < 4.78 is 14.4. The summed E-state index contributed by atoms with van der Waals surface area (Å²) in [5, 5.41) is 25.4. The Bertz CT molecular complexity index is 1190. The molecule has 0 aliphatic carbocycles. The lowest BCUT2D eigenvalue weighted by Crippen LogP contribution is -2.41. The maximum Gasteiger partial charge on any atom is 0.330 e. The van der Waals surface area contributed by atoms with Gasteiger partial charge in [-0.25, -0.2) is 14.4 Å². The topological polar surface area (TPSA) is 389 Å². The minimum absolute atomic E-state index is 0.00109. The van der Waals surface area contributed by atoms with Crippen LogP contribution in [0.3, 0.4) is 0 Å². The highest BCUT2D eigenvalue weighted by Gasteiger charge is 2.24. The second-order valence-electron chi connectivity index (χ2n) is 10.0. The third-order valence-corrected chi connectivity index (χ3v) is 6.02. The monoisotopic (exact) mass is 687 g/mol. The van der Waals surface area contributed by atoms with Gasteiger partial charge >= 0.3 is 35.8 Å². The number of carboxylic acids is 2. The smallest absolute Gasteiger partial charge is 0.330 e. The van der Waals surface area contributed by atoms with Gasteiger partial charge in [-0.1, -0.05) is 32.4 Å². The Hall–Kier alpha value is -4.73. The molecule has 0 spiro atoms. The van der Waals surface area contributed by atoms with E-state index < -0.39 is 60.0 Å². The van der Waals surface area contributed by atoms with E-state index in [1.807, 2.05) is 13.8 Å². The zero-order chi connectivity index (χ0) is 37.4. The number of guanidine groups is 1. The fourth-order valence-corrected chi connectivity index (χ4v) is 2.93. The van der Waals surface area contributed by atoms with Gasteiger partial charge in [0.05, 0.1) is 13.1 Å². The van der Waals surface area contributed by atoms with Gasteiger partial charge in [0, 0.05) is 6.54 Å². The van der Waals surface area contributed by atoms with Crippen molar-refractivity contribution in [1.29, 1.82) is 5.41 Å². The molecular formula is C28H49N9O11. The van der Waals surface area contributed by atoms with Crippen LogP contribution in [0.15, 0.2) is 24.3 Å². The Morgan fingerprint density at radius 1 is 0.875 bits per heavy atom. The molecule has 0 amide bonds. The van der Waals surface area contributed by atoms with Gasteiger partial charge in [-0.2, -0.15) is 0 Å². The Labute approximate surface area is 277 Å². The molecule has 0 saturated heterocycles. The molecule has 1 aromatic carbocycles. The zero-order valence-corrected chi connectivity index (χ0v) is 27.0. The number of hydrogen-bond donors (Lipinski definition) is 11. The van der Waals surface area contributed by atoms with Crippen LogP contribution in [0, 0.1) is 11.3 Å². The van der Waals surface area contributed by atoms with Crippen LogP contribution in [0.25, 0.3) is 0 Å². The number of carbonyl (C=O) groups is 6. The lowest BCUT2D eigenvalue weighted by Gasteiger charge is -2.17. The number of aliphatic carboxylic acids is 2. The van der Waals surface area contributed by atoms with E-state index in [1.54, 1.807) is 24.3 Å². The van der Waals surface area contributed by atoms with Crippen molar-refractivity contribution >= 4 is 41.8 Å². The molecule has 0 bridgehead atoms. The summed E-state index contributed by atoms with van der Waals surface area (Å²) >= 11 is 0. The largest absolute Gasteiger partial charge is 0.480 e. The van der Waals surface area contributed by atoms with Crippen LogP contribution in [0.4, 0.5) is 0 Å². The van der Waals surface area contributed by atoms with E-state index in [9.17, 15) is 28.8 Å². The van der Waals surface area contributed by atoms with E-state index in [0.29, 0.717) is 24.3 Å². The van der Waals surface area contributed by atoms with Gasteiger partial charge in [-0.3, -0.25) is 19.8 Å². The molecule has 0 aromatic heterocycles. The Balaban J connectivity index is 0. The van der Waals surface area contributed by atoms with Crippen LogP contribution in [-0.4, -0.2) is 102 Å². The third kappa shape index (κ3) is 21.9. The summed E-state index contributed by atoms with van der Waals surface area (Å²) in [6, 6.07) is 2.51. The van der Waals surface area contributed by atoms with Crippen LogP contribution >= 0.6 is 0 Å². The SMILES string of the molecule is CC[C@H](C)[C@H](N)C(=O)Oc1ccc(C[C@H](N)C(=O)OC(=O)[C@@H](N)CCCNC(=N)N)cc1.NCC(=O)O.NCC(=O)OC[C@H](N)C(=O)O. The maximum atomic E-state index is 12.1. The Kier molecular flexibility index (Phi) is 24.0. The average molecular weight is 688 g/mol. The molecule has 272 valence electrons. The Morgan fingerprint density at radius 2 is 1.42 bits per heavy atom. The summed E-state index contributed by atoms with van der Waals surface area (Å²) in [4.78, 5) is 65.7. The molecular weight excluding hydrogens is 638 g/mol. The molecule has 0 aliphatic heterocycles. The van der Waals surface area contributed by atoms with E-state index in [1.165, 1.54) is 0 Å². The number of esters is 4. The zero-order valence-electron chi connectivity index (χ0n) is 27.0. The molecule has 0 unspecified atom stereocenters. The number of hydrogen-bond acceptors (Lipinski definition) is 16. The first kappa shape index (κ1) is 45.4. The van der Waals surface area contributed by atoms with Crippen molar-refractivity contribution in [2.75, 3.05) is 26.2 Å². The normalized spacial score (nSPS) is 13.2. The third-order valence-electron chi connectivity index (χ3n) is 6.02. The first-order valence-corrected chi connectivity index (χ1v) is 14.6. The van der Waals surface area contributed by atoms with Crippen molar-refractivity contribution in [2.24, 2.45) is 46.1 Å². The summed E-state index contributed by atoms with van der Waals surface area (Å²) in [5.41, 5.74) is 37.7. The lowest BCUT2D eigenvalue weighted by atomic mass is 10.0. The number of benzene rings is 1. The molecule has 1 rings (SSSR count). The second kappa shape index (κ2) is 25.4. The van der Waals surface area contributed by atoms with Gasteiger partial charge in [0.2, 0.25) is 0 Å². The van der Waals surface area contributed by atoms with E-state index in [4.69, 9.17) is 59.5 Å². The highest BCUT2D eigenvalue weighted by Crippen LogP contribution is 2.16. The van der Waals surface area contributed by atoms with Crippen LogP contribution in [0.2, 0.25) is 0 Å². The van der Waals surface area contributed by atoms with Crippen LogP contribution in [-0.2, 0) is 44.7 Å². The first-order valence-electron chi connectivity index (χ1n) is 14.6. The fourth-order valence-electron chi connectivity index (χ4n) is 2.93. The van der Waals surface area contributed by atoms with Crippen LogP contribution < -0.4 is 50.2 Å². The molecule has 1 aromatic rings. The highest BCUT2D eigenvalue weighted by atomic mass is 16.6. The summed E-state index contributed by atoms with van der Waals surface area (Å²) in [5.74, 6) is -4.97. The average Bonchev–Trinajstić information content (AvgIpc) is 3.05. The van der Waals surface area contributed by atoms with Crippen LogP contribution in [0.5, 0.6) is 5.75 Å². The van der Waals surface area contributed by atoms with Gasteiger partial charge < -0.3 is 69.9 Å². The second-order valence-corrected chi connectivity index (χ2v) is 10.0. The predicted octanol–water partition coefficient (Wildman–Crippen LogP) is -3.57. The van der Waals surface area contributed by atoms with Crippen LogP contribution in [0.1, 0.15) is 38.7 Å². The summed E-state index contributed by atoms with van der Waals surface area (Å²) in [7, 11) is 0. The molecule has 5 atom stereocenters.